The second kappa shape index (κ2) is 5.49. The first-order chi connectivity index (χ1) is 8.60. The van der Waals surface area contributed by atoms with Crippen LogP contribution in [0.1, 0.15) is 18.7 Å². The number of hydrogen-bond acceptors (Lipinski definition) is 6. The summed E-state index contributed by atoms with van der Waals surface area (Å²) in [6.07, 6.45) is 2.54. The molecule has 2 rings (SSSR count). The van der Waals surface area contributed by atoms with E-state index in [1.165, 1.54) is 19.4 Å². The highest BCUT2D eigenvalue weighted by molar-refractivity contribution is 5.48. The largest absolute Gasteiger partial charge is 0.358 e. The van der Waals surface area contributed by atoms with Gasteiger partial charge in [0.05, 0.1) is 0 Å². The number of nitrogens with zero attached hydrogens (tertiary/aromatic N) is 4. The monoisotopic (exact) mass is 250 g/mol. The standard InChI is InChI=1S/C12H22N6/c1-9-14-11(16-13)7-12(15-9)18(3)8-10-5-4-6-17(10)2/h7,10H,4-6,8,13H2,1-3H3,(H,14,15,16). The Bertz CT molecular complexity index is 408. The van der Waals surface area contributed by atoms with Gasteiger partial charge in [-0.3, -0.25) is 0 Å². The van der Waals surface area contributed by atoms with Crippen molar-refractivity contribution in [2.24, 2.45) is 5.84 Å². The van der Waals surface area contributed by atoms with E-state index in [-0.39, 0.29) is 0 Å². The van der Waals surface area contributed by atoms with Crippen molar-refractivity contribution in [2.75, 3.05) is 37.5 Å². The van der Waals surface area contributed by atoms with Crippen LogP contribution in [0.2, 0.25) is 0 Å². The molecule has 18 heavy (non-hydrogen) atoms. The number of aromatic nitrogens is 2. The SMILES string of the molecule is Cc1nc(NN)cc(N(C)CC2CCCN2C)n1. The minimum absolute atomic E-state index is 0.611. The molecule has 1 aromatic heterocycles. The molecule has 0 radical (unpaired) electrons. The van der Waals surface area contributed by atoms with Crippen LogP contribution < -0.4 is 16.2 Å². The second-order valence-corrected chi connectivity index (χ2v) is 4.96. The van der Waals surface area contributed by atoms with Gasteiger partial charge in [-0.15, -0.1) is 0 Å². The lowest BCUT2D eigenvalue weighted by atomic mass is 10.2. The van der Waals surface area contributed by atoms with Crippen LogP contribution in [-0.2, 0) is 0 Å². The van der Waals surface area contributed by atoms with E-state index in [0.717, 1.165) is 18.2 Å². The minimum Gasteiger partial charge on any atom is -0.358 e. The first-order valence-corrected chi connectivity index (χ1v) is 6.34. The molecule has 0 aliphatic carbocycles. The molecule has 0 amide bonds. The third kappa shape index (κ3) is 2.88. The van der Waals surface area contributed by atoms with Crippen molar-refractivity contribution in [3.05, 3.63) is 11.9 Å². The molecule has 3 N–H and O–H groups in total. The summed E-state index contributed by atoms with van der Waals surface area (Å²) in [6, 6.07) is 2.49. The fourth-order valence-corrected chi connectivity index (χ4v) is 2.44. The zero-order valence-electron chi connectivity index (χ0n) is 11.3. The van der Waals surface area contributed by atoms with Crippen molar-refractivity contribution >= 4 is 11.6 Å². The van der Waals surface area contributed by atoms with Crippen molar-refractivity contribution in [2.45, 2.75) is 25.8 Å². The van der Waals surface area contributed by atoms with E-state index in [0.29, 0.717) is 11.9 Å². The average Bonchev–Trinajstić information content (AvgIpc) is 2.74. The Morgan fingerprint density at radius 3 is 2.94 bits per heavy atom. The number of nitrogens with one attached hydrogen (secondary N) is 1. The molecule has 6 nitrogen and oxygen atoms in total. The van der Waals surface area contributed by atoms with E-state index >= 15 is 0 Å². The summed E-state index contributed by atoms with van der Waals surface area (Å²) in [5, 5.41) is 0. The molecule has 1 aromatic rings. The quantitative estimate of drug-likeness (QED) is 0.602. The number of nitrogen functional groups attached to an aromatic ring is 1. The van der Waals surface area contributed by atoms with Gasteiger partial charge in [-0.2, -0.15) is 0 Å². The molecular weight excluding hydrogens is 228 g/mol. The molecular formula is C12H22N6. The molecule has 1 fully saturated rings. The molecule has 1 atom stereocenters. The fourth-order valence-electron chi connectivity index (χ4n) is 2.44. The zero-order valence-corrected chi connectivity index (χ0v) is 11.3. The summed E-state index contributed by atoms with van der Waals surface area (Å²) in [6.45, 7) is 4.05. The lowest BCUT2D eigenvalue weighted by Gasteiger charge is -2.26. The van der Waals surface area contributed by atoms with Crippen LogP contribution in [0.25, 0.3) is 0 Å². The van der Waals surface area contributed by atoms with Gasteiger partial charge < -0.3 is 15.2 Å². The highest BCUT2D eigenvalue weighted by Crippen LogP contribution is 2.19. The first kappa shape index (κ1) is 13.0. The van der Waals surface area contributed by atoms with Crippen LogP contribution in [0.5, 0.6) is 0 Å². The lowest BCUT2D eigenvalue weighted by molar-refractivity contribution is 0.314. The summed E-state index contributed by atoms with van der Waals surface area (Å²) in [5.74, 6) is 7.70. The zero-order chi connectivity index (χ0) is 13.1. The predicted octanol–water partition coefficient (Wildman–Crippen LogP) is 0.601. The number of likely N-dealkylation sites (N-methyl/N-ethyl adjacent to an activating group) is 2. The van der Waals surface area contributed by atoms with Gasteiger partial charge in [0.15, 0.2) is 0 Å². The van der Waals surface area contributed by atoms with E-state index in [4.69, 9.17) is 5.84 Å². The van der Waals surface area contributed by atoms with Gasteiger partial charge in [-0.05, 0) is 33.4 Å². The summed E-state index contributed by atoms with van der Waals surface area (Å²) in [4.78, 5) is 13.2. The summed E-state index contributed by atoms with van der Waals surface area (Å²) >= 11 is 0. The molecule has 1 aliphatic rings. The van der Waals surface area contributed by atoms with Crippen molar-refractivity contribution < 1.29 is 0 Å². The Morgan fingerprint density at radius 2 is 2.33 bits per heavy atom. The van der Waals surface area contributed by atoms with E-state index in [9.17, 15) is 0 Å². The number of hydrogen-bond donors (Lipinski definition) is 2. The number of rotatable bonds is 4. The number of likely N-dealkylation sites (tertiary alicyclic amines) is 1. The van der Waals surface area contributed by atoms with Gasteiger partial charge in [0.2, 0.25) is 0 Å². The van der Waals surface area contributed by atoms with E-state index in [2.05, 4.69) is 39.3 Å². The van der Waals surface area contributed by atoms with Crippen LogP contribution in [0, 0.1) is 6.92 Å². The van der Waals surface area contributed by atoms with E-state index in [1.807, 2.05) is 13.0 Å². The highest BCUT2D eigenvalue weighted by Gasteiger charge is 2.22. The van der Waals surface area contributed by atoms with Crippen molar-refractivity contribution in [1.29, 1.82) is 0 Å². The molecule has 0 saturated carbocycles. The molecule has 6 heteroatoms. The first-order valence-electron chi connectivity index (χ1n) is 6.34. The van der Waals surface area contributed by atoms with Gasteiger partial charge in [0, 0.05) is 25.7 Å². The van der Waals surface area contributed by atoms with Crippen molar-refractivity contribution in [3.63, 3.8) is 0 Å². The molecule has 0 spiro atoms. The number of aryl methyl sites for hydroxylation is 1. The van der Waals surface area contributed by atoms with E-state index < -0.39 is 0 Å². The molecule has 0 aromatic carbocycles. The number of hydrazine groups is 1. The summed E-state index contributed by atoms with van der Waals surface area (Å²) in [5.41, 5.74) is 2.58. The van der Waals surface area contributed by atoms with Gasteiger partial charge >= 0.3 is 0 Å². The summed E-state index contributed by atoms with van der Waals surface area (Å²) < 4.78 is 0. The number of nitrogens with two attached hydrogens (primary N) is 1. The fraction of sp³-hybridized carbons (Fsp3) is 0.667. The number of anilines is 2. The second-order valence-electron chi connectivity index (χ2n) is 4.96. The van der Waals surface area contributed by atoms with Crippen LogP contribution in [0.15, 0.2) is 6.07 Å². The molecule has 0 bridgehead atoms. The van der Waals surface area contributed by atoms with Crippen LogP contribution in [-0.4, -0.2) is 48.1 Å². The smallest absolute Gasteiger partial charge is 0.145 e. The Hall–Kier alpha value is -1.40. The van der Waals surface area contributed by atoms with Crippen molar-refractivity contribution in [3.8, 4) is 0 Å². The third-order valence-corrected chi connectivity index (χ3v) is 3.52. The Morgan fingerprint density at radius 1 is 1.56 bits per heavy atom. The molecule has 1 unspecified atom stereocenters. The van der Waals surface area contributed by atoms with Crippen LogP contribution in [0.4, 0.5) is 11.6 Å². The highest BCUT2D eigenvalue weighted by atomic mass is 15.3. The maximum absolute atomic E-state index is 5.41. The average molecular weight is 250 g/mol. The minimum atomic E-state index is 0.611. The van der Waals surface area contributed by atoms with Crippen LogP contribution in [0.3, 0.4) is 0 Å². The predicted molar refractivity (Wildman–Crippen MR) is 73.5 cm³/mol. The third-order valence-electron chi connectivity index (χ3n) is 3.52. The van der Waals surface area contributed by atoms with Gasteiger partial charge in [-0.1, -0.05) is 0 Å². The normalized spacial score (nSPS) is 20.1. The maximum Gasteiger partial charge on any atom is 0.145 e. The lowest BCUT2D eigenvalue weighted by Crippen LogP contribution is -2.37. The summed E-state index contributed by atoms with van der Waals surface area (Å²) in [7, 11) is 4.25. The Labute approximate surface area is 108 Å². The van der Waals surface area contributed by atoms with Crippen LogP contribution >= 0.6 is 0 Å². The van der Waals surface area contributed by atoms with Gasteiger partial charge in [0.1, 0.15) is 17.5 Å². The molecule has 1 saturated heterocycles. The van der Waals surface area contributed by atoms with Gasteiger partial charge in [0.25, 0.3) is 0 Å². The van der Waals surface area contributed by atoms with Gasteiger partial charge in [-0.25, -0.2) is 15.8 Å². The Kier molecular flexibility index (Phi) is 3.98. The van der Waals surface area contributed by atoms with E-state index in [1.54, 1.807) is 0 Å². The topological polar surface area (TPSA) is 70.3 Å². The Balaban J connectivity index is 2.08. The van der Waals surface area contributed by atoms with Crippen molar-refractivity contribution in [1.82, 2.24) is 14.9 Å². The maximum atomic E-state index is 5.41. The molecule has 1 aliphatic heterocycles. The molecule has 2 heterocycles. The molecule has 100 valence electrons.